The number of hydrogen-bond acceptors (Lipinski definition) is 4. The molecule has 0 unspecified atom stereocenters. The predicted molar refractivity (Wildman–Crippen MR) is 105 cm³/mol. The Labute approximate surface area is 162 Å². The van der Waals surface area contributed by atoms with Crippen molar-refractivity contribution in [1.82, 2.24) is 5.32 Å². The number of carbonyl (C=O) groups excluding carboxylic acids is 2. The lowest BCUT2D eigenvalue weighted by atomic mass is 10.0. The number of amides is 1. The molecule has 1 aromatic heterocycles. The lowest BCUT2D eigenvalue weighted by molar-refractivity contribution is -0.121. The smallest absolute Gasteiger partial charge is 0.220 e. The summed E-state index contributed by atoms with van der Waals surface area (Å²) in [6.45, 7) is 6.08. The molecule has 1 aliphatic heterocycles. The Bertz CT molecular complexity index is 859. The van der Waals surface area contributed by atoms with Crippen LogP contribution in [-0.2, 0) is 11.2 Å². The van der Waals surface area contributed by atoms with E-state index in [2.05, 4.69) is 19.2 Å². The van der Waals surface area contributed by atoms with Gasteiger partial charge in [-0.25, -0.2) is 4.39 Å². The molecule has 0 saturated heterocycles. The minimum Gasteiger partial charge on any atom is -0.487 e. The molecule has 27 heavy (non-hydrogen) atoms. The van der Waals surface area contributed by atoms with Gasteiger partial charge in [0.1, 0.15) is 17.7 Å². The summed E-state index contributed by atoms with van der Waals surface area (Å²) >= 11 is 1.33. The number of ether oxygens (including phenoxy) is 1. The molecule has 2 aromatic rings. The number of carbonyl (C=O) groups is 2. The summed E-state index contributed by atoms with van der Waals surface area (Å²) in [5.41, 5.74) is 1.46. The lowest BCUT2D eigenvalue weighted by Gasteiger charge is -2.13. The summed E-state index contributed by atoms with van der Waals surface area (Å²) in [4.78, 5) is 24.9. The van der Waals surface area contributed by atoms with E-state index in [1.54, 1.807) is 6.07 Å². The van der Waals surface area contributed by atoms with Crippen LogP contribution >= 0.6 is 11.3 Å². The Morgan fingerprint density at radius 3 is 2.78 bits per heavy atom. The minimum absolute atomic E-state index is 0.0118. The van der Waals surface area contributed by atoms with E-state index in [0.29, 0.717) is 41.5 Å². The Morgan fingerprint density at radius 2 is 2.11 bits per heavy atom. The first kappa shape index (κ1) is 19.5. The average Bonchev–Trinajstić information content (AvgIpc) is 3.24. The van der Waals surface area contributed by atoms with Gasteiger partial charge >= 0.3 is 0 Å². The normalized spacial score (nSPS) is 15.5. The fourth-order valence-electron chi connectivity index (χ4n) is 3.10. The number of rotatable bonds is 7. The van der Waals surface area contributed by atoms with Crippen LogP contribution in [0.25, 0.3) is 10.4 Å². The van der Waals surface area contributed by atoms with Crippen molar-refractivity contribution in [3.8, 4) is 16.2 Å². The molecule has 3 rings (SSSR count). The number of fused-ring (bicyclic) bond motifs is 1. The molecule has 0 spiro atoms. The number of benzene rings is 1. The molecule has 0 bridgehead atoms. The molecule has 2 heterocycles. The summed E-state index contributed by atoms with van der Waals surface area (Å²) in [6.07, 6.45) is 1.69. The molecule has 1 aliphatic rings. The number of Topliss-reactive ketones (excluding diaryl/α,β-unsaturated/α-hetero) is 1. The number of thiophene rings is 1. The molecule has 0 saturated carbocycles. The molecule has 144 valence electrons. The Kier molecular flexibility index (Phi) is 5.95. The molecule has 0 aliphatic carbocycles. The number of hydrogen-bond donors (Lipinski definition) is 1. The summed E-state index contributed by atoms with van der Waals surface area (Å²) in [7, 11) is 0. The van der Waals surface area contributed by atoms with E-state index in [1.807, 2.05) is 6.07 Å². The van der Waals surface area contributed by atoms with Crippen molar-refractivity contribution in [2.24, 2.45) is 5.92 Å². The monoisotopic (exact) mass is 389 g/mol. The first-order valence-corrected chi connectivity index (χ1v) is 10.0. The van der Waals surface area contributed by atoms with Crippen molar-refractivity contribution in [2.45, 2.75) is 46.1 Å². The molecule has 6 heteroatoms. The van der Waals surface area contributed by atoms with Gasteiger partial charge in [-0.15, -0.1) is 11.3 Å². The van der Waals surface area contributed by atoms with Crippen LogP contribution in [-0.4, -0.2) is 24.3 Å². The second kappa shape index (κ2) is 8.21. The SMILES string of the molecule is CC(=O)c1ccc(-c2cc(F)cc3c2O[C@H](CNC(=O)CCC(C)C)C3)s1. The van der Waals surface area contributed by atoms with Crippen molar-refractivity contribution in [3.63, 3.8) is 0 Å². The standard InChI is InChI=1S/C21H24FNO3S/c1-12(2)4-7-20(25)23-11-16-9-14-8-15(22)10-17(21(14)26-16)19-6-5-18(27-19)13(3)24/h5-6,8,10,12,16H,4,7,9,11H2,1-3H3,(H,23,25)/t16-/m0/s1. The van der Waals surface area contributed by atoms with Crippen molar-refractivity contribution in [1.29, 1.82) is 0 Å². The average molecular weight is 389 g/mol. The van der Waals surface area contributed by atoms with E-state index in [4.69, 9.17) is 4.74 Å². The van der Waals surface area contributed by atoms with Gasteiger partial charge in [-0.05, 0) is 43.5 Å². The van der Waals surface area contributed by atoms with Gasteiger partial charge in [-0.2, -0.15) is 0 Å². The largest absolute Gasteiger partial charge is 0.487 e. The maximum absolute atomic E-state index is 14.1. The van der Waals surface area contributed by atoms with Crippen molar-refractivity contribution < 1.29 is 18.7 Å². The summed E-state index contributed by atoms with van der Waals surface area (Å²) in [5, 5.41) is 2.91. The molecule has 0 fully saturated rings. The van der Waals surface area contributed by atoms with Gasteiger partial charge in [0.25, 0.3) is 0 Å². The summed E-state index contributed by atoms with van der Waals surface area (Å²) < 4.78 is 20.1. The Hall–Kier alpha value is -2.21. The molecule has 1 amide bonds. The maximum Gasteiger partial charge on any atom is 0.220 e. The van der Waals surface area contributed by atoms with Crippen LogP contribution in [0.4, 0.5) is 4.39 Å². The quantitative estimate of drug-likeness (QED) is 0.704. The lowest BCUT2D eigenvalue weighted by Crippen LogP contribution is -2.34. The van der Waals surface area contributed by atoms with Crippen LogP contribution in [0.2, 0.25) is 0 Å². The van der Waals surface area contributed by atoms with Crippen LogP contribution in [0.1, 0.15) is 48.8 Å². The van der Waals surface area contributed by atoms with E-state index < -0.39 is 0 Å². The second-order valence-electron chi connectivity index (χ2n) is 7.34. The van der Waals surface area contributed by atoms with Crippen LogP contribution in [0.15, 0.2) is 24.3 Å². The van der Waals surface area contributed by atoms with Crippen LogP contribution in [0.3, 0.4) is 0 Å². The molecular weight excluding hydrogens is 365 g/mol. The van der Waals surface area contributed by atoms with E-state index in [9.17, 15) is 14.0 Å². The van der Waals surface area contributed by atoms with Crippen LogP contribution in [0.5, 0.6) is 5.75 Å². The third-order valence-electron chi connectivity index (χ3n) is 4.56. The molecule has 1 atom stereocenters. The highest BCUT2D eigenvalue weighted by molar-refractivity contribution is 7.17. The minimum atomic E-state index is -0.327. The molecule has 1 N–H and O–H groups in total. The Balaban J connectivity index is 1.71. The van der Waals surface area contributed by atoms with E-state index >= 15 is 0 Å². The number of halogens is 1. The number of nitrogens with one attached hydrogen (secondary N) is 1. The topological polar surface area (TPSA) is 55.4 Å². The van der Waals surface area contributed by atoms with Crippen LogP contribution in [0, 0.1) is 11.7 Å². The predicted octanol–water partition coefficient (Wildman–Crippen LogP) is 4.61. The van der Waals surface area contributed by atoms with E-state index in [-0.39, 0.29) is 23.6 Å². The van der Waals surface area contributed by atoms with Gasteiger partial charge in [0, 0.05) is 28.8 Å². The van der Waals surface area contributed by atoms with Crippen LogP contribution < -0.4 is 10.1 Å². The summed E-state index contributed by atoms with van der Waals surface area (Å²) in [5.74, 6) is 0.807. The zero-order valence-corrected chi connectivity index (χ0v) is 16.6. The fourth-order valence-corrected chi connectivity index (χ4v) is 4.01. The highest BCUT2D eigenvalue weighted by Gasteiger charge is 2.28. The number of ketones is 1. The Morgan fingerprint density at radius 1 is 1.33 bits per heavy atom. The molecular formula is C21H24FNO3S. The highest BCUT2D eigenvalue weighted by Crippen LogP contribution is 2.42. The third-order valence-corrected chi connectivity index (χ3v) is 5.78. The molecule has 4 nitrogen and oxygen atoms in total. The van der Waals surface area contributed by atoms with Crippen molar-refractivity contribution >= 4 is 23.0 Å². The van der Waals surface area contributed by atoms with Gasteiger partial charge in [0.2, 0.25) is 5.91 Å². The van der Waals surface area contributed by atoms with Crippen molar-refractivity contribution in [2.75, 3.05) is 6.54 Å². The zero-order chi connectivity index (χ0) is 19.6. The maximum atomic E-state index is 14.1. The van der Waals surface area contributed by atoms with Gasteiger partial charge in [0.05, 0.1) is 11.4 Å². The second-order valence-corrected chi connectivity index (χ2v) is 8.43. The summed E-state index contributed by atoms with van der Waals surface area (Å²) in [6, 6.07) is 6.50. The van der Waals surface area contributed by atoms with Gasteiger partial charge in [-0.3, -0.25) is 9.59 Å². The van der Waals surface area contributed by atoms with Gasteiger partial charge in [-0.1, -0.05) is 13.8 Å². The van der Waals surface area contributed by atoms with Crippen molar-refractivity contribution in [3.05, 3.63) is 40.5 Å². The highest BCUT2D eigenvalue weighted by atomic mass is 32.1. The van der Waals surface area contributed by atoms with E-state index in [0.717, 1.165) is 16.9 Å². The first-order valence-electron chi connectivity index (χ1n) is 9.20. The van der Waals surface area contributed by atoms with Gasteiger partial charge < -0.3 is 10.1 Å². The molecule has 1 aromatic carbocycles. The van der Waals surface area contributed by atoms with E-state index in [1.165, 1.54) is 30.4 Å². The third kappa shape index (κ3) is 4.75. The zero-order valence-electron chi connectivity index (χ0n) is 15.8. The van der Waals surface area contributed by atoms with Gasteiger partial charge in [0.15, 0.2) is 5.78 Å². The molecule has 0 radical (unpaired) electrons. The fraction of sp³-hybridized carbons (Fsp3) is 0.429. The first-order chi connectivity index (χ1) is 12.8.